The maximum absolute atomic E-state index is 12.6. The Morgan fingerprint density at radius 3 is 2.82 bits per heavy atom. The first-order valence-electron chi connectivity index (χ1n) is 4.66. The average Bonchev–Trinajstić information content (AvgIpc) is 2.28. The van der Waals surface area contributed by atoms with Crippen LogP contribution in [0.4, 0.5) is 13.2 Å². The quantitative estimate of drug-likeness (QED) is 0.804. The molecule has 0 saturated heterocycles. The van der Waals surface area contributed by atoms with Crippen LogP contribution in [0.2, 0.25) is 0 Å². The zero-order chi connectivity index (χ0) is 12.9. The summed E-state index contributed by atoms with van der Waals surface area (Å²) in [5, 5.41) is 2.26. The number of rotatable bonds is 2. The number of hydrogen-bond donors (Lipinski definition) is 1. The van der Waals surface area contributed by atoms with Gasteiger partial charge < -0.3 is 5.32 Å². The van der Waals surface area contributed by atoms with Crippen LogP contribution in [0.25, 0.3) is 0 Å². The highest BCUT2D eigenvalue weighted by molar-refractivity contribution is 5.95. The molecule has 0 unspecified atom stereocenters. The number of aromatic nitrogens is 1. The predicted octanol–water partition coefficient (Wildman–Crippen LogP) is 1.85. The Balaban J connectivity index is 2.96. The van der Waals surface area contributed by atoms with Crippen molar-refractivity contribution < 1.29 is 18.0 Å². The summed E-state index contributed by atoms with van der Waals surface area (Å²) >= 11 is 0. The summed E-state index contributed by atoms with van der Waals surface area (Å²) in [6.07, 6.45) is -2.70. The zero-order valence-electron chi connectivity index (χ0n) is 8.93. The van der Waals surface area contributed by atoms with Gasteiger partial charge in [-0.3, -0.25) is 9.78 Å². The fraction of sp³-hybridized carbons (Fsp3) is 0.273. The molecule has 3 nitrogen and oxygen atoms in total. The van der Waals surface area contributed by atoms with Crippen LogP contribution in [0.1, 0.15) is 22.8 Å². The van der Waals surface area contributed by atoms with Crippen LogP contribution >= 0.6 is 0 Å². The van der Waals surface area contributed by atoms with Gasteiger partial charge in [-0.15, -0.1) is 5.92 Å². The van der Waals surface area contributed by atoms with Crippen LogP contribution in [-0.4, -0.2) is 17.4 Å². The Morgan fingerprint density at radius 2 is 2.24 bits per heavy atom. The number of halogens is 3. The lowest BCUT2D eigenvalue weighted by Crippen LogP contribution is -2.26. The number of nitrogens with one attached hydrogen (secondary N) is 1. The summed E-state index contributed by atoms with van der Waals surface area (Å²) in [7, 11) is 0. The lowest BCUT2D eigenvalue weighted by molar-refractivity contribution is -0.138. The molecular weight excluding hydrogens is 233 g/mol. The van der Waals surface area contributed by atoms with Gasteiger partial charge in [0.1, 0.15) is 0 Å². The lowest BCUT2D eigenvalue weighted by atomic mass is 10.1. The molecule has 1 aromatic rings. The minimum atomic E-state index is -4.58. The number of pyridine rings is 1. The third-order valence-corrected chi connectivity index (χ3v) is 1.89. The zero-order valence-corrected chi connectivity index (χ0v) is 8.93. The molecule has 1 aromatic heterocycles. The molecule has 0 spiro atoms. The molecule has 0 radical (unpaired) electrons. The van der Waals surface area contributed by atoms with Gasteiger partial charge >= 0.3 is 6.18 Å². The SMILES string of the molecule is CC#CCNC(=O)c1cnccc1C(F)(F)F. The largest absolute Gasteiger partial charge is 0.417 e. The van der Waals surface area contributed by atoms with E-state index >= 15 is 0 Å². The summed E-state index contributed by atoms with van der Waals surface area (Å²) in [6.45, 7) is 1.57. The fourth-order valence-corrected chi connectivity index (χ4v) is 1.13. The molecule has 17 heavy (non-hydrogen) atoms. The van der Waals surface area contributed by atoms with Crippen molar-refractivity contribution in [1.29, 1.82) is 0 Å². The highest BCUT2D eigenvalue weighted by atomic mass is 19.4. The lowest BCUT2D eigenvalue weighted by Gasteiger charge is -2.11. The molecule has 0 aliphatic carbocycles. The molecule has 0 aliphatic rings. The molecule has 0 atom stereocenters. The summed E-state index contributed by atoms with van der Waals surface area (Å²) in [4.78, 5) is 15.0. The topological polar surface area (TPSA) is 42.0 Å². The van der Waals surface area contributed by atoms with Crippen molar-refractivity contribution in [3.63, 3.8) is 0 Å². The Kier molecular flexibility index (Phi) is 4.10. The number of alkyl halides is 3. The Morgan fingerprint density at radius 1 is 1.53 bits per heavy atom. The smallest absolute Gasteiger partial charge is 0.341 e. The van der Waals surface area contributed by atoms with Gasteiger partial charge in [-0.05, 0) is 13.0 Å². The molecule has 1 amide bonds. The van der Waals surface area contributed by atoms with Gasteiger partial charge in [-0.2, -0.15) is 13.2 Å². The van der Waals surface area contributed by atoms with Gasteiger partial charge in [0.15, 0.2) is 0 Å². The van der Waals surface area contributed by atoms with Crippen molar-refractivity contribution in [3.8, 4) is 11.8 Å². The monoisotopic (exact) mass is 242 g/mol. The summed E-state index contributed by atoms with van der Waals surface area (Å²) in [5.74, 6) is 4.20. The first-order chi connectivity index (χ1) is 7.96. The van der Waals surface area contributed by atoms with Gasteiger partial charge in [0, 0.05) is 12.4 Å². The normalized spacial score (nSPS) is 10.4. The van der Waals surface area contributed by atoms with Crippen molar-refractivity contribution in [1.82, 2.24) is 10.3 Å². The Hall–Kier alpha value is -2.03. The van der Waals surface area contributed by atoms with E-state index in [2.05, 4.69) is 22.1 Å². The van der Waals surface area contributed by atoms with Gasteiger partial charge in [-0.1, -0.05) is 5.92 Å². The molecule has 0 aromatic carbocycles. The summed E-state index contributed by atoms with van der Waals surface area (Å²) in [5.41, 5.74) is -1.51. The molecule has 1 heterocycles. The molecule has 6 heteroatoms. The molecule has 1 N–H and O–H groups in total. The van der Waals surface area contributed by atoms with Crippen LogP contribution < -0.4 is 5.32 Å². The van der Waals surface area contributed by atoms with Crippen LogP contribution in [0.15, 0.2) is 18.5 Å². The van der Waals surface area contributed by atoms with E-state index in [1.54, 1.807) is 6.92 Å². The van der Waals surface area contributed by atoms with Gasteiger partial charge in [0.25, 0.3) is 5.91 Å². The van der Waals surface area contributed by atoms with Crippen LogP contribution in [0.3, 0.4) is 0 Å². The fourth-order valence-electron chi connectivity index (χ4n) is 1.13. The molecule has 0 fully saturated rings. The second-order valence-corrected chi connectivity index (χ2v) is 3.03. The first kappa shape index (κ1) is 13.0. The maximum atomic E-state index is 12.6. The minimum absolute atomic E-state index is 0.00151. The van der Waals surface area contributed by atoms with E-state index in [1.807, 2.05) is 0 Å². The number of carbonyl (C=O) groups is 1. The number of carbonyl (C=O) groups excluding carboxylic acids is 1. The van der Waals surface area contributed by atoms with E-state index in [0.29, 0.717) is 0 Å². The van der Waals surface area contributed by atoms with Gasteiger partial charge in [-0.25, -0.2) is 0 Å². The Bertz CT molecular complexity index is 472. The van der Waals surface area contributed by atoms with E-state index in [1.165, 1.54) is 0 Å². The van der Waals surface area contributed by atoms with E-state index < -0.39 is 23.2 Å². The van der Waals surface area contributed by atoms with Gasteiger partial charge in [0.2, 0.25) is 0 Å². The van der Waals surface area contributed by atoms with Crippen molar-refractivity contribution in [2.75, 3.05) is 6.54 Å². The van der Waals surface area contributed by atoms with Crippen molar-refractivity contribution >= 4 is 5.91 Å². The first-order valence-corrected chi connectivity index (χ1v) is 4.66. The molecule has 0 saturated carbocycles. The molecule has 0 aliphatic heterocycles. The third kappa shape index (κ3) is 3.48. The van der Waals surface area contributed by atoms with E-state index in [9.17, 15) is 18.0 Å². The van der Waals surface area contributed by atoms with Crippen molar-refractivity contribution in [3.05, 3.63) is 29.6 Å². The highest BCUT2D eigenvalue weighted by Crippen LogP contribution is 2.31. The standard InChI is InChI=1S/C11H9F3N2O/c1-2-3-5-16-10(17)8-7-15-6-4-9(8)11(12,13)14/h4,6-7H,5H2,1H3,(H,16,17). The van der Waals surface area contributed by atoms with Crippen LogP contribution in [0, 0.1) is 11.8 Å². The van der Waals surface area contributed by atoms with E-state index in [4.69, 9.17) is 0 Å². The second kappa shape index (κ2) is 5.34. The second-order valence-electron chi connectivity index (χ2n) is 3.03. The number of nitrogens with zero attached hydrogens (tertiary/aromatic N) is 1. The minimum Gasteiger partial charge on any atom is -0.341 e. The number of amides is 1. The maximum Gasteiger partial charge on any atom is 0.417 e. The molecular formula is C11H9F3N2O. The molecule has 1 rings (SSSR count). The van der Waals surface area contributed by atoms with Crippen molar-refractivity contribution in [2.24, 2.45) is 0 Å². The van der Waals surface area contributed by atoms with Gasteiger partial charge in [0.05, 0.1) is 17.7 Å². The highest BCUT2D eigenvalue weighted by Gasteiger charge is 2.35. The molecule has 0 bridgehead atoms. The summed E-state index contributed by atoms with van der Waals surface area (Å²) < 4.78 is 37.7. The predicted molar refractivity (Wildman–Crippen MR) is 55.0 cm³/mol. The van der Waals surface area contributed by atoms with Crippen LogP contribution in [-0.2, 0) is 6.18 Å². The Labute approximate surface area is 96.0 Å². The summed E-state index contributed by atoms with van der Waals surface area (Å²) in [6, 6.07) is 0.764. The van der Waals surface area contributed by atoms with E-state index in [-0.39, 0.29) is 6.54 Å². The van der Waals surface area contributed by atoms with E-state index in [0.717, 1.165) is 18.5 Å². The van der Waals surface area contributed by atoms with Crippen molar-refractivity contribution in [2.45, 2.75) is 13.1 Å². The third-order valence-electron chi connectivity index (χ3n) is 1.89. The average molecular weight is 242 g/mol. The molecule has 90 valence electrons. The van der Waals surface area contributed by atoms with Crippen LogP contribution in [0.5, 0.6) is 0 Å². The number of hydrogen-bond acceptors (Lipinski definition) is 2.